The van der Waals surface area contributed by atoms with E-state index in [2.05, 4.69) is 19.2 Å². The summed E-state index contributed by atoms with van der Waals surface area (Å²) >= 11 is 0. The summed E-state index contributed by atoms with van der Waals surface area (Å²) in [7, 11) is -3.35. The molecule has 5 heteroatoms. The fourth-order valence-electron chi connectivity index (χ4n) is 3.15. The molecule has 1 saturated heterocycles. The number of hydrogen-bond donors (Lipinski definition) is 1. The van der Waals surface area contributed by atoms with E-state index in [0.29, 0.717) is 18.0 Å². The molecule has 20 heavy (non-hydrogen) atoms. The minimum atomic E-state index is -3.35. The first-order valence-electron chi connectivity index (χ1n) is 7.22. The van der Waals surface area contributed by atoms with Crippen LogP contribution in [0.3, 0.4) is 0 Å². The van der Waals surface area contributed by atoms with Crippen molar-refractivity contribution >= 4 is 10.0 Å². The second-order valence-corrected chi connectivity index (χ2v) is 8.48. The van der Waals surface area contributed by atoms with Crippen LogP contribution < -0.4 is 5.32 Å². The number of nitrogens with zero attached hydrogens (tertiary/aromatic N) is 1. The van der Waals surface area contributed by atoms with Gasteiger partial charge in [0.05, 0.1) is 4.90 Å². The highest BCUT2D eigenvalue weighted by Crippen LogP contribution is 2.34. The molecule has 0 radical (unpaired) electrons. The fraction of sp³-hybridized carbons (Fsp3) is 0.600. The van der Waals surface area contributed by atoms with Gasteiger partial charge in [-0.1, -0.05) is 26.0 Å². The summed E-state index contributed by atoms with van der Waals surface area (Å²) in [6.45, 7) is 7.14. The first-order valence-corrected chi connectivity index (χ1v) is 8.66. The Balaban J connectivity index is 2.00. The molecule has 0 aliphatic carbocycles. The SMILES string of the molecule is CC1(C)CCN(S(=O)(=O)c2cccc3c2CCNC3)C1. The summed E-state index contributed by atoms with van der Waals surface area (Å²) in [5.74, 6) is 0. The lowest BCUT2D eigenvalue weighted by atomic mass is 9.93. The van der Waals surface area contributed by atoms with Gasteiger partial charge in [0.1, 0.15) is 0 Å². The maximum absolute atomic E-state index is 12.9. The van der Waals surface area contributed by atoms with E-state index in [1.54, 1.807) is 10.4 Å². The zero-order valence-corrected chi connectivity index (χ0v) is 13.0. The molecule has 1 aromatic carbocycles. The molecule has 0 amide bonds. The molecule has 0 bridgehead atoms. The zero-order chi connectivity index (χ0) is 14.4. The highest BCUT2D eigenvalue weighted by molar-refractivity contribution is 7.89. The molecule has 1 N–H and O–H groups in total. The lowest BCUT2D eigenvalue weighted by molar-refractivity contribution is 0.375. The monoisotopic (exact) mass is 294 g/mol. The van der Waals surface area contributed by atoms with Crippen LogP contribution in [0, 0.1) is 5.41 Å². The maximum atomic E-state index is 12.9. The molecule has 2 aliphatic rings. The summed E-state index contributed by atoms with van der Waals surface area (Å²) in [5.41, 5.74) is 2.22. The van der Waals surface area contributed by atoms with Crippen LogP contribution in [0.5, 0.6) is 0 Å². The predicted octanol–water partition coefficient (Wildman–Crippen LogP) is 1.75. The molecular weight excluding hydrogens is 272 g/mol. The largest absolute Gasteiger partial charge is 0.312 e. The van der Waals surface area contributed by atoms with Crippen LogP contribution in [0.15, 0.2) is 23.1 Å². The highest BCUT2D eigenvalue weighted by atomic mass is 32.2. The summed E-state index contributed by atoms with van der Waals surface area (Å²) < 4.78 is 27.5. The molecule has 2 heterocycles. The molecule has 0 spiro atoms. The third-order valence-corrected chi connectivity index (χ3v) is 6.29. The summed E-state index contributed by atoms with van der Waals surface area (Å²) in [5, 5.41) is 3.29. The van der Waals surface area contributed by atoms with E-state index in [9.17, 15) is 8.42 Å². The van der Waals surface area contributed by atoms with E-state index in [-0.39, 0.29) is 5.41 Å². The second kappa shape index (κ2) is 4.83. The maximum Gasteiger partial charge on any atom is 0.243 e. The molecule has 1 fully saturated rings. The van der Waals surface area contributed by atoms with Crippen molar-refractivity contribution in [3.8, 4) is 0 Å². The lowest BCUT2D eigenvalue weighted by Crippen LogP contribution is -2.33. The molecule has 0 unspecified atom stereocenters. The topological polar surface area (TPSA) is 49.4 Å². The third kappa shape index (κ3) is 2.38. The Kier molecular flexibility index (Phi) is 3.39. The van der Waals surface area contributed by atoms with Crippen LogP contribution in [0.25, 0.3) is 0 Å². The molecule has 4 nitrogen and oxygen atoms in total. The Morgan fingerprint density at radius 3 is 2.80 bits per heavy atom. The van der Waals surface area contributed by atoms with Crippen LogP contribution in [-0.2, 0) is 23.0 Å². The van der Waals surface area contributed by atoms with Crippen molar-refractivity contribution in [1.29, 1.82) is 0 Å². The predicted molar refractivity (Wildman–Crippen MR) is 79.0 cm³/mol. The number of rotatable bonds is 2. The fourth-order valence-corrected chi connectivity index (χ4v) is 5.07. The Hall–Kier alpha value is -0.910. The molecule has 0 aromatic heterocycles. The van der Waals surface area contributed by atoms with E-state index in [1.165, 1.54) is 0 Å². The Morgan fingerprint density at radius 1 is 1.30 bits per heavy atom. The average Bonchev–Trinajstić information content (AvgIpc) is 2.79. The lowest BCUT2D eigenvalue weighted by Gasteiger charge is -2.24. The van der Waals surface area contributed by atoms with Gasteiger partial charge in [-0.05, 0) is 42.0 Å². The first kappa shape index (κ1) is 14.0. The number of benzene rings is 1. The number of nitrogens with one attached hydrogen (secondary N) is 1. The van der Waals surface area contributed by atoms with Crippen molar-refractivity contribution in [3.05, 3.63) is 29.3 Å². The number of fused-ring (bicyclic) bond motifs is 1. The van der Waals surface area contributed by atoms with Gasteiger partial charge in [0.15, 0.2) is 0 Å². The van der Waals surface area contributed by atoms with Crippen LogP contribution in [-0.4, -0.2) is 32.4 Å². The van der Waals surface area contributed by atoms with Crippen LogP contribution in [0.1, 0.15) is 31.4 Å². The Bertz CT molecular complexity index is 623. The first-order chi connectivity index (χ1) is 9.40. The molecule has 0 saturated carbocycles. The van der Waals surface area contributed by atoms with Crippen molar-refractivity contribution in [2.75, 3.05) is 19.6 Å². The van der Waals surface area contributed by atoms with Crippen molar-refractivity contribution in [2.24, 2.45) is 5.41 Å². The van der Waals surface area contributed by atoms with E-state index < -0.39 is 10.0 Å². The van der Waals surface area contributed by atoms with E-state index in [0.717, 1.165) is 37.1 Å². The van der Waals surface area contributed by atoms with Gasteiger partial charge in [-0.25, -0.2) is 8.42 Å². The molecule has 110 valence electrons. The van der Waals surface area contributed by atoms with Crippen molar-refractivity contribution in [1.82, 2.24) is 9.62 Å². The molecule has 3 rings (SSSR count). The van der Waals surface area contributed by atoms with Crippen molar-refractivity contribution < 1.29 is 8.42 Å². The summed E-state index contributed by atoms with van der Waals surface area (Å²) in [4.78, 5) is 0.522. The normalized spacial score (nSPS) is 22.7. The van der Waals surface area contributed by atoms with Crippen molar-refractivity contribution in [2.45, 2.75) is 38.1 Å². The quantitative estimate of drug-likeness (QED) is 0.904. The van der Waals surface area contributed by atoms with Gasteiger partial charge < -0.3 is 5.32 Å². The molecule has 0 atom stereocenters. The number of hydrogen-bond acceptors (Lipinski definition) is 3. The summed E-state index contributed by atoms with van der Waals surface area (Å²) in [6, 6.07) is 5.65. The van der Waals surface area contributed by atoms with Crippen LogP contribution in [0.2, 0.25) is 0 Å². The standard InChI is InChI=1S/C15H22N2O2S/c1-15(2)7-9-17(11-15)20(18,19)14-5-3-4-12-10-16-8-6-13(12)14/h3-5,16H,6-11H2,1-2H3. The minimum Gasteiger partial charge on any atom is -0.312 e. The molecule has 2 aliphatic heterocycles. The van der Waals surface area contributed by atoms with Crippen LogP contribution in [0.4, 0.5) is 0 Å². The van der Waals surface area contributed by atoms with Gasteiger partial charge in [0, 0.05) is 19.6 Å². The van der Waals surface area contributed by atoms with E-state index >= 15 is 0 Å². The van der Waals surface area contributed by atoms with Crippen LogP contribution >= 0.6 is 0 Å². The Morgan fingerprint density at radius 2 is 2.10 bits per heavy atom. The highest BCUT2D eigenvalue weighted by Gasteiger charge is 2.38. The minimum absolute atomic E-state index is 0.0868. The van der Waals surface area contributed by atoms with Gasteiger partial charge >= 0.3 is 0 Å². The zero-order valence-electron chi connectivity index (χ0n) is 12.1. The number of sulfonamides is 1. The van der Waals surface area contributed by atoms with Gasteiger partial charge in [-0.2, -0.15) is 4.31 Å². The van der Waals surface area contributed by atoms with E-state index in [1.807, 2.05) is 12.1 Å². The smallest absolute Gasteiger partial charge is 0.243 e. The average molecular weight is 294 g/mol. The van der Waals surface area contributed by atoms with Gasteiger partial charge in [0.2, 0.25) is 10.0 Å². The summed E-state index contributed by atoms with van der Waals surface area (Å²) in [6.07, 6.45) is 1.73. The molecular formula is C15H22N2O2S. The van der Waals surface area contributed by atoms with E-state index in [4.69, 9.17) is 0 Å². The Labute approximate surface area is 121 Å². The van der Waals surface area contributed by atoms with Gasteiger partial charge in [-0.15, -0.1) is 0 Å². The second-order valence-electron chi connectivity index (χ2n) is 6.57. The van der Waals surface area contributed by atoms with Gasteiger partial charge in [0.25, 0.3) is 0 Å². The van der Waals surface area contributed by atoms with Gasteiger partial charge in [-0.3, -0.25) is 0 Å². The third-order valence-electron chi connectivity index (χ3n) is 4.36. The molecule has 1 aromatic rings. The van der Waals surface area contributed by atoms with Crippen molar-refractivity contribution in [3.63, 3.8) is 0 Å².